The van der Waals surface area contributed by atoms with Crippen LogP contribution in [0.5, 0.6) is 0 Å². The fourth-order valence-corrected chi connectivity index (χ4v) is 1.85. The molecule has 0 saturated heterocycles. The van der Waals surface area contributed by atoms with Crippen LogP contribution in [0, 0.1) is 10.1 Å². The molecule has 0 saturated carbocycles. The topological polar surface area (TPSA) is 120 Å². The number of nitrogens with two attached hydrogens (primary N) is 1. The molecular weight excluding hydrogens is 276 g/mol. The second-order valence-electron chi connectivity index (χ2n) is 4.30. The second kappa shape index (κ2) is 5.97. The molecule has 108 valence electrons. The molecule has 1 aromatic carbocycles. The lowest BCUT2D eigenvalue weighted by molar-refractivity contribution is -0.386. The Balaban J connectivity index is 2.30. The number of benzene rings is 1. The molecule has 0 bridgehead atoms. The van der Waals surface area contributed by atoms with E-state index >= 15 is 0 Å². The highest BCUT2D eigenvalue weighted by atomic mass is 16.6. The van der Waals surface area contributed by atoms with E-state index in [2.05, 4.69) is 0 Å². The summed E-state index contributed by atoms with van der Waals surface area (Å²) in [5.41, 5.74) is 2.01. The predicted octanol–water partition coefficient (Wildman–Crippen LogP) is 0.408. The quantitative estimate of drug-likeness (QED) is 0.365. The molecule has 0 aliphatic heterocycles. The number of nitro groups is 1. The van der Waals surface area contributed by atoms with Crippen LogP contribution >= 0.6 is 0 Å². The second-order valence-corrected chi connectivity index (χ2v) is 4.30. The number of carbonyl (C=O) groups is 1. The average Bonchev–Trinajstić information content (AvgIpc) is 2.48. The molecule has 1 heterocycles. The first kappa shape index (κ1) is 14.4. The van der Waals surface area contributed by atoms with Crippen LogP contribution in [-0.4, -0.2) is 15.4 Å². The maximum Gasteiger partial charge on any atom is 0.332 e. The van der Waals surface area contributed by atoms with E-state index in [0.29, 0.717) is 5.56 Å². The van der Waals surface area contributed by atoms with Crippen molar-refractivity contribution in [1.29, 1.82) is 0 Å². The van der Waals surface area contributed by atoms with Gasteiger partial charge < -0.3 is 4.57 Å². The number of nitrogen functional groups attached to an aromatic ring is 1. The van der Waals surface area contributed by atoms with Gasteiger partial charge in [0.05, 0.1) is 11.1 Å². The SMILES string of the molecule is NNC(=O)c1cccc(Cn2ccc(=O)c([N+](=O)[O-])c2)c1. The van der Waals surface area contributed by atoms with Crippen LogP contribution in [0.25, 0.3) is 0 Å². The summed E-state index contributed by atoms with van der Waals surface area (Å²) in [6, 6.07) is 7.79. The summed E-state index contributed by atoms with van der Waals surface area (Å²) in [5, 5.41) is 10.7. The zero-order valence-corrected chi connectivity index (χ0v) is 10.9. The molecule has 0 spiro atoms. The fourth-order valence-electron chi connectivity index (χ4n) is 1.85. The third kappa shape index (κ3) is 3.31. The van der Waals surface area contributed by atoms with Crippen LogP contribution in [0.3, 0.4) is 0 Å². The normalized spacial score (nSPS) is 10.1. The van der Waals surface area contributed by atoms with E-state index in [1.807, 2.05) is 5.43 Å². The summed E-state index contributed by atoms with van der Waals surface area (Å²) >= 11 is 0. The zero-order valence-electron chi connectivity index (χ0n) is 10.9. The maximum absolute atomic E-state index is 11.4. The largest absolute Gasteiger partial charge is 0.344 e. The number of pyridine rings is 1. The van der Waals surface area contributed by atoms with Crippen LogP contribution in [0.1, 0.15) is 15.9 Å². The van der Waals surface area contributed by atoms with Crippen LogP contribution < -0.4 is 16.7 Å². The Labute approximate surface area is 118 Å². The van der Waals surface area contributed by atoms with Crippen molar-refractivity contribution in [3.63, 3.8) is 0 Å². The summed E-state index contributed by atoms with van der Waals surface area (Å²) in [7, 11) is 0. The predicted molar refractivity (Wildman–Crippen MR) is 74.6 cm³/mol. The number of hydrogen-bond donors (Lipinski definition) is 2. The molecule has 2 rings (SSSR count). The van der Waals surface area contributed by atoms with Gasteiger partial charge in [0, 0.05) is 24.4 Å². The number of nitrogens with zero attached hydrogens (tertiary/aromatic N) is 2. The number of aromatic nitrogens is 1. The first-order chi connectivity index (χ1) is 10.0. The maximum atomic E-state index is 11.4. The molecule has 1 aromatic heterocycles. The molecule has 0 aliphatic carbocycles. The smallest absolute Gasteiger partial charge is 0.332 e. The van der Waals surface area contributed by atoms with E-state index in [1.54, 1.807) is 24.3 Å². The highest BCUT2D eigenvalue weighted by Crippen LogP contribution is 2.09. The molecular formula is C13H12N4O4. The molecule has 8 nitrogen and oxygen atoms in total. The lowest BCUT2D eigenvalue weighted by Gasteiger charge is -2.07. The van der Waals surface area contributed by atoms with E-state index < -0.39 is 21.9 Å². The Morgan fingerprint density at radius 1 is 1.38 bits per heavy atom. The molecule has 21 heavy (non-hydrogen) atoms. The highest BCUT2D eigenvalue weighted by molar-refractivity contribution is 5.93. The molecule has 0 unspecified atom stereocenters. The van der Waals surface area contributed by atoms with Crippen molar-refractivity contribution in [1.82, 2.24) is 9.99 Å². The number of hydrazine groups is 1. The average molecular weight is 288 g/mol. The Morgan fingerprint density at radius 2 is 2.14 bits per heavy atom. The van der Waals surface area contributed by atoms with Gasteiger partial charge in [-0.2, -0.15) is 0 Å². The minimum atomic E-state index is -0.725. The van der Waals surface area contributed by atoms with E-state index in [0.717, 1.165) is 17.8 Å². The first-order valence-corrected chi connectivity index (χ1v) is 5.95. The standard InChI is InChI=1S/C13H12N4O4/c14-15-13(19)10-3-1-2-9(6-10)7-16-5-4-12(18)11(8-16)17(20)21/h1-6,8H,7,14H2,(H,15,19). The Bertz CT molecular complexity index is 754. The van der Waals surface area contributed by atoms with Crippen LogP contribution in [0.4, 0.5) is 5.69 Å². The molecule has 8 heteroatoms. The molecule has 1 amide bonds. The molecule has 0 radical (unpaired) electrons. The Hall–Kier alpha value is -3.00. The number of carbonyl (C=O) groups excluding carboxylic acids is 1. The molecule has 0 aliphatic rings. The van der Waals surface area contributed by atoms with Crippen LogP contribution in [0.15, 0.2) is 47.5 Å². The summed E-state index contributed by atoms with van der Waals surface area (Å²) in [5.74, 6) is 4.63. The van der Waals surface area contributed by atoms with Crippen LogP contribution in [-0.2, 0) is 6.54 Å². The van der Waals surface area contributed by atoms with Gasteiger partial charge in [-0.1, -0.05) is 12.1 Å². The lowest BCUT2D eigenvalue weighted by Crippen LogP contribution is -2.30. The lowest BCUT2D eigenvalue weighted by atomic mass is 10.1. The van der Waals surface area contributed by atoms with Crippen molar-refractivity contribution in [2.75, 3.05) is 0 Å². The minimum absolute atomic E-state index is 0.285. The van der Waals surface area contributed by atoms with Gasteiger partial charge in [0.15, 0.2) is 0 Å². The van der Waals surface area contributed by atoms with E-state index in [9.17, 15) is 19.7 Å². The fraction of sp³-hybridized carbons (Fsp3) is 0.0769. The minimum Gasteiger partial charge on any atom is -0.344 e. The van der Waals surface area contributed by atoms with Gasteiger partial charge in [0.1, 0.15) is 0 Å². The van der Waals surface area contributed by atoms with Crippen LogP contribution in [0.2, 0.25) is 0 Å². The van der Waals surface area contributed by atoms with Gasteiger partial charge in [0.25, 0.3) is 11.3 Å². The van der Waals surface area contributed by atoms with Gasteiger partial charge in [0.2, 0.25) is 0 Å². The van der Waals surface area contributed by atoms with Crippen molar-refractivity contribution in [3.8, 4) is 0 Å². The number of amides is 1. The van der Waals surface area contributed by atoms with Gasteiger partial charge in [-0.3, -0.25) is 25.1 Å². The first-order valence-electron chi connectivity index (χ1n) is 5.95. The van der Waals surface area contributed by atoms with E-state index in [1.165, 1.54) is 10.8 Å². The van der Waals surface area contributed by atoms with Gasteiger partial charge in [-0.25, -0.2) is 5.84 Å². The van der Waals surface area contributed by atoms with Gasteiger partial charge in [-0.05, 0) is 17.7 Å². The van der Waals surface area contributed by atoms with E-state index in [4.69, 9.17) is 5.84 Å². The monoisotopic (exact) mass is 288 g/mol. The Kier molecular flexibility index (Phi) is 4.10. The number of rotatable bonds is 4. The highest BCUT2D eigenvalue weighted by Gasteiger charge is 2.12. The number of nitrogens with one attached hydrogen (secondary N) is 1. The summed E-state index contributed by atoms with van der Waals surface area (Å²) in [6.07, 6.45) is 2.61. The van der Waals surface area contributed by atoms with Gasteiger partial charge >= 0.3 is 5.69 Å². The third-order valence-corrected chi connectivity index (χ3v) is 2.84. The number of hydrogen-bond acceptors (Lipinski definition) is 5. The van der Waals surface area contributed by atoms with E-state index in [-0.39, 0.29) is 6.54 Å². The molecule has 2 aromatic rings. The van der Waals surface area contributed by atoms with Crippen molar-refractivity contribution in [2.45, 2.75) is 6.54 Å². The summed E-state index contributed by atoms with van der Waals surface area (Å²) < 4.78 is 1.50. The molecule has 0 atom stereocenters. The summed E-state index contributed by atoms with van der Waals surface area (Å²) in [4.78, 5) is 32.8. The summed E-state index contributed by atoms with van der Waals surface area (Å²) in [6.45, 7) is 0.285. The molecule has 3 N–H and O–H groups in total. The van der Waals surface area contributed by atoms with Crippen molar-refractivity contribution >= 4 is 11.6 Å². The Morgan fingerprint density at radius 3 is 2.81 bits per heavy atom. The third-order valence-electron chi connectivity index (χ3n) is 2.84. The molecule has 0 fully saturated rings. The van der Waals surface area contributed by atoms with Gasteiger partial charge in [-0.15, -0.1) is 0 Å². The van der Waals surface area contributed by atoms with Crippen molar-refractivity contribution < 1.29 is 9.72 Å². The van der Waals surface area contributed by atoms with Crippen molar-refractivity contribution in [3.05, 3.63) is 74.2 Å². The van der Waals surface area contributed by atoms with Crippen molar-refractivity contribution in [2.24, 2.45) is 5.84 Å². The zero-order chi connectivity index (χ0) is 15.4.